The molecule has 2 atom stereocenters. The molecule has 1 fully saturated rings. The Kier molecular flexibility index (Phi) is 7.85. The van der Waals surface area contributed by atoms with Crippen LogP contribution in [0, 0.1) is 11.2 Å². The highest BCUT2D eigenvalue weighted by Crippen LogP contribution is 2.22. The first-order valence-corrected chi connectivity index (χ1v) is 9.73. The van der Waals surface area contributed by atoms with E-state index in [0.717, 1.165) is 6.07 Å². The predicted octanol–water partition coefficient (Wildman–Crippen LogP) is 2.70. The zero-order valence-corrected chi connectivity index (χ0v) is 17.8. The number of halogens is 2. The molecule has 0 aliphatic carbocycles. The van der Waals surface area contributed by atoms with E-state index in [0.29, 0.717) is 12.8 Å². The molecule has 2 amide bonds. The van der Waals surface area contributed by atoms with Crippen LogP contribution >= 0.6 is 11.6 Å². The predicted molar refractivity (Wildman–Crippen MR) is 107 cm³/mol. The van der Waals surface area contributed by atoms with E-state index in [9.17, 15) is 14.0 Å². The van der Waals surface area contributed by atoms with Crippen molar-refractivity contribution in [1.82, 2.24) is 15.7 Å². The van der Waals surface area contributed by atoms with Gasteiger partial charge in [-0.25, -0.2) is 9.18 Å². The molecule has 11 heteroatoms. The van der Waals surface area contributed by atoms with Gasteiger partial charge in [0.2, 0.25) is 0 Å². The summed E-state index contributed by atoms with van der Waals surface area (Å²) in [7, 11) is 0. The number of hydroxylamine groups is 1. The van der Waals surface area contributed by atoms with Gasteiger partial charge in [0.05, 0.1) is 11.1 Å². The second-order valence-electron chi connectivity index (χ2n) is 7.88. The average molecular weight is 445 g/mol. The highest BCUT2D eigenvalue weighted by Gasteiger charge is 2.37. The fraction of sp³-hybridized carbons (Fsp3) is 0.526. The Bertz CT molecular complexity index is 802. The van der Waals surface area contributed by atoms with Crippen molar-refractivity contribution in [3.8, 4) is 5.75 Å². The van der Waals surface area contributed by atoms with Gasteiger partial charge in [-0.15, -0.1) is 0 Å². The number of benzene rings is 1. The van der Waals surface area contributed by atoms with Gasteiger partial charge in [-0.05, 0) is 45.7 Å². The summed E-state index contributed by atoms with van der Waals surface area (Å²) in [6.45, 7) is 4.90. The minimum Gasteiger partial charge on any atom is -0.484 e. The first-order valence-electron chi connectivity index (χ1n) is 9.35. The Morgan fingerprint density at radius 3 is 2.67 bits per heavy atom. The van der Waals surface area contributed by atoms with Gasteiger partial charge >= 0.3 is 6.09 Å². The summed E-state index contributed by atoms with van der Waals surface area (Å²) in [6, 6.07) is 2.75. The zero-order valence-electron chi connectivity index (χ0n) is 17.0. The Balaban J connectivity index is 1.96. The molecule has 1 aliphatic rings. The zero-order chi connectivity index (χ0) is 22.5. The van der Waals surface area contributed by atoms with Crippen molar-refractivity contribution in [2.45, 2.75) is 51.3 Å². The smallest absolute Gasteiger partial charge is 0.410 e. The van der Waals surface area contributed by atoms with E-state index >= 15 is 0 Å². The van der Waals surface area contributed by atoms with Crippen LogP contribution in [0.25, 0.3) is 0 Å². The molecule has 166 valence electrons. The molecule has 1 aromatic carbocycles. The van der Waals surface area contributed by atoms with E-state index in [1.54, 1.807) is 26.3 Å². The molecular formula is C19H26ClFN4O5. The first-order chi connectivity index (χ1) is 14.0. The van der Waals surface area contributed by atoms with Crippen LogP contribution in [0.15, 0.2) is 18.2 Å². The molecule has 2 rings (SSSR count). The molecule has 1 heterocycles. The number of hydrogen-bond donors (Lipinski definition) is 4. The number of ether oxygens (including phenoxy) is 2. The molecule has 0 unspecified atom stereocenters. The molecule has 1 saturated heterocycles. The molecule has 0 saturated carbocycles. The third kappa shape index (κ3) is 6.74. The van der Waals surface area contributed by atoms with E-state index < -0.39 is 35.5 Å². The van der Waals surface area contributed by atoms with Crippen molar-refractivity contribution in [2.24, 2.45) is 0 Å². The first kappa shape index (κ1) is 23.7. The third-order valence-corrected chi connectivity index (χ3v) is 4.60. The Labute approximate surface area is 178 Å². The van der Waals surface area contributed by atoms with E-state index in [1.165, 1.54) is 17.0 Å². The summed E-state index contributed by atoms with van der Waals surface area (Å²) in [5, 5.41) is 19.6. The lowest BCUT2D eigenvalue weighted by Gasteiger charge is -2.40. The van der Waals surface area contributed by atoms with Gasteiger partial charge in [0.15, 0.2) is 6.61 Å². The van der Waals surface area contributed by atoms with Crippen LogP contribution in [-0.4, -0.2) is 58.8 Å². The molecule has 9 nitrogen and oxygen atoms in total. The molecule has 30 heavy (non-hydrogen) atoms. The Morgan fingerprint density at radius 2 is 2.07 bits per heavy atom. The summed E-state index contributed by atoms with van der Waals surface area (Å²) >= 11 is 5.61. The molecule has 0 spiro atoms. The van der Waals surface area contributed by atoms with Gasteiger partial charge in [0, 0.05) is 18.7 Å². The third-order valence-electron chi connectivity index (χ3n) is 4.29. The number of carbonyl (C=O) groups excluding carboxylic acids is 2. The SMILES string of the molecule is CC(C)(C)OC(=O)N1C[C@@H](NC(=O)COc2ccc(Cl)c(F)c2)CC[C@@H]1C(=N)NO. The van der Waals surface area contributed by atoms with Crippen molar-refractivity contribution < 1.29 is 28.7 Å². The lowest BCUT2D eigenvalue weighted by atomic mass is 9.97. The number of nitrogens with one attached hydrogen (secondary N) is 3. The van der Waals surface area contributed by atoms with Gasteiger partial charge in [-0.1, -0.05) is 11.6 Å². The van der Waals surface area contributed by atoms with Crippen LogP contribution < -0.4 is 15.5 Å². The van der Waals surface area contributed by atoms with Gasteiger partial charge < -0.3 is 14.8 Å². The van der Waals surface area contributed by atoms with Crippen LogP contribution in [0.4, 0.5) is 9.18 Å². The van der Waals surface area contributed by atoms with Crippen LogP contribution in [0.2, 0.25) is 5.02 Å². The molecule has 4 N–H and O–H groups in total. The van der Waals surface area contributed by atoms with Crippen molar-refractivity contribution >= 4 is 29.4 Å². The van der Waals surface area contributed by atoms with Gasteiger partial charge in [0.25, 0.3) is 5.91 Å². The number of nitrogens with zero attached hydrogens (tertiary/aromatic N) is 1. The van der Waals surface area contributed by atoms with Gasteiger partial charge in [-0.3, -0.25) is 25.8 Å². The number of amidine groups is 1. The topological polar surface area (TPSA) is 124 Å². The van der Waals surface area contributed by atoms with E-state index in [4.69, 9.17) is 31.7 Å². The van der Waals surface area contributed by atoms with Gasteiger partial charge in [-0.2, -0.15) is 0 Å². The fourth-order valence-electron chi connectivity index (χ4n) is 2.97. The van der Waals surface area contributed by atoms with Gasteiger partial charge in [0.1, 0.15) is 23.0 Å². The maximum atomic E-state index is 13.4. The van der Waals surface area contributed by atoms with E-state index in [-0.39, 0.29) is 29.8 Å². The largest absolute Gasteiger partial charge is 0.484 e. The van der Waals surface area contributed by atoms with Crippen molar-refractivity contribution in [3.63, 3.8) is 0 Å². The minimum absolute atomic E-state index is 0.0475. The number of hydrogen-bond acceptors (Lipinski definition) is 6. The summed E-state index contributed by atoms with van der Waals surface area (Å²) < 4.78 is 24.1. The van der Waals surface area contributed by atoms with Crippen molar-refractivity contribution in [1.29, 1.82) is 5.41 Å². The summed E-state index contributed by atoms with van der Waals surface area (Å²) in [6.07, 6.45) is 0.147. The number of carbonyl (C=O) groups is 2. The summed E-state index contributed by atoms with van der Waals surface area (Å²) in [5.74, 6) is -1.18. The molecule has 0 bridgehead atoms. The van der Waals surface area contributed by atoms with Crippen LogP contribution in [0.5, 0.6) is 5.75 Å². The molecule has 0 radical (unpaired) electrons. The Morgan fingerprint density at radius 1 is 1.37 bits per heavy atom. The Hall–Kier alpha value is -2.59. The number of amides is 2. The quantitative estimate of drug-likeness (QED) is 0.314. The van der Waals surface area contributed by atoms with Crippen molar-refractivity contribution in [2.75, 3.05) is 13.2 Å². The fourth-order valence-corrected chi connectivity index (χ4v) is 3.09. The monoisotopic (exact) mass is 444 g/mol. The highest BCUT2D eigenvalue weighted by molar-refractivity contribution is 6.30. The highest BCUT2D eigenvalue weighted by atomic mass is 35.5. The van der Waals surface area contributed by atoms with Crippen LogP contribution in [-0.2, 0) is 9.53 Å². The minimum atomic E-state index is -0.742. The molecule has 1 aliphatic heterocycles. The van der Waals surface area contributed by atoms with Crippen molar-refractivity contribution in [3.05, 3.63) is 29.0 Å². The molecule has 1 aromatic rings. The summed E-state index contributed by atoms with van der Waals surface area (Å²) in [5.41, 5.74) is 1.03. The standard InChI is InChI=1S/C19H26ClFN4O5/c1-19(2,3)30-18(27)25-9-11(4-7-15(25)17(22)24-28)23-16(26)10-29-12-5-6-13(20)14(21)8-12/h5-6,8,11,15,28H,4,7,9-10H2,1-3H3,(H2,22,24)(H,23,26)/t11-,15+/m0/s1. The lowest BCUT2D eigenvalue weighted by Crippen LogP contribution is -2.59. The number of piperidine rings is 1. The average Bonchev–Trinajstić information content (AvgIpc) is 2.67. The number of rotatable bonds is 5. The second kappa shape index (κ2) is 9.94. The maximum Gasteiger partial charge on any atom is 0.410 e. The normalized spacial score (nSPS) is 19.1. The maximum absolute atomic E-state index is 13.4. The summed E-state index contributed by atoms with van der Waals surface area (Å²) in [4.78, 5) is 26.1. The molecular weight excluding hydrogens is 419 g/mol. The van der Waals surface area contributed by atoms with Crippen LogP contribution in [0.3, 0.4) is 0 Å². The second-order valence-corrected chi connectivity index (χ2v) is 8.29. The van der Waals surface area contributed by atoms with Crippen LogP contribution in [0.1, 0.15) is 33.6 Å². The number of likely N-dealkylation sites (tertiary alicyclic amines) is 1. The van der Waals surface area contributed by atoms with E-state index in [2.05, 4.69) is 5.32 Å². The lowest BCUT2D eigenvalue weighted by molar-refractivity contribution is -0.124. The molecule has 0 aromatic heterocycles. The van der Waals surface area contributed by atoms with E-state index in [1.807, 2.05) is 0 Å².